The topological polar surface area (TPSA) is 169 Å². The molecule has 2 aliphatic heterocycles. The Balaban J connectivity index is 1.04. The van der Waals surface area contributed by atoms with E-state index in [-0.39, 0.29) is 31.4 Å². The summed E-state index contributed by atoms with van der Waals surface area (Å²) in [6.45, 7) is 13.6. The van der Waals surface area contributed by atoms with Gasteiger partial charge in [-0.3, -0.25) is 19.5 Å². The fourth-order valence-electron chi connectivity index (χ4n) is 8.88. The predicted octanol–water partition coefficient (Wildman–Crippen LogP) is 4.91. The molecule has 1 aromatic heterocycles. The van der Waals surface area contributed by atoms with Crippen LogP contribution in [0.1, 0.15) is 77.3 Å². The van der Waals surface area contributed by atoms with Gasteiger partial charge < -0.3 is 39.6 Å². The zero-order valence-electron chi connectivity index (χ0n) is 33.0. The van der Waals surface area contributed by atoms with Gasteiger partial charge in [0.05, 0.1) is 25.3 Å². The van der Waals surface area contributed by atoms with E-state index >= 15 is 0 Å². The average Bonchev–Trinajstić information content (AvgIpc) is 4.14. The van der Waals surface area contributed by atoms with Crippen LogP contribution in [0.4, 0.5) is 4.79 Å². The number of rotatable bonds is 14. The highest BCUT2D eigenvalue weighted by Crippen LogP contribution is 2.52. The summed E-state index contributed by atoms with van der Waals surface area (Å²) in [5, 5.41) is 16.7. The molecule has 8 atom stereocenters. The summed E-state index contributed by atoms with van der Waals surface area (Å²) in [5.41, 5.74) is -0.880. The second kappa shape index (κ2) is 15.6. The molecule has 0 bridgehead atoms. The molecule has 8 rings (SSSR count). The summed E-state index contributed by atoms with van der Waals surface area (Å²) < 4.78 is 24.1. The van der Waals surface area contributed by atoms with Gasteiger partial charge in [0.15, 0.2) is 0 Å². The summed E-state index contributed by atoms with van der Waals surface area (Å²) in [6, 6.07) is 3.45. The third-order valence-corrected chi connectivity index (χ3v) is 13.0. The highest BCUT2D eigenvalue weighted by Gasteiger charge is 2.61. The van der Waals surface area contributed by atoms with Crippen molar-refractivity contribution >= 4 is 46.4 Å². The van der Waals surface area contributed by atoms with Gasteiger partial charge in [0.25, 0.3) is 0 Å². The molecule has 15 heteroatoms. The van der Waals surface area contributed by atoms with Gasteiger partial charge in [0.1, 0.15) is 53.0 Å². The maximum atomic E-state index is 14.6. The number of alkyl carbamates (subject to hydrolysis) is 1. The van der Waals surface area contributed by atoms with Gasteiger partial charge in [-0.2, -0.15) is 0 Å². The number of halogens is 1. The predicted molar refractivity (Wildman–Crippen MR) is 210 cm³/mol. The van der Waals surface area contributed by atoms with Crippen LogP contribution >= 0.6 is 11.6 Å². The quantitative estimate of drug-likeness (QED) is 0.222. The number of carbonyl (C=O) groups is 4. The van der Waals surface area contributed by atoms with Crippen LogP contribution in [0.25, 0.3) is 10.9 Å². The molecule has 1 aromatic carbocycles. The minimum Gasteiger partial charge on any atom is -0.491 e. The van der Waals surface area contributed by atoms with E-state index in [1.54, 1.807) is 6.07 Å². The first-order valence-corrected chi connectivity index (χ1v) is 20.8. The molecule has 3 N–H and O–H groups in total. The number of carboxylic acids is 1. The maximum Gasteiger partial charge on any atom is 0.408 e. The number of carboxylic acid groups (broad SMARTS) is 1. The number of fused-ring (bicyclic) bond motifs is 2. The van der Waals surface area contributed by atoms with Crippen molar-refractivity contribution in [3.63, 3.8) is 0 Å². The molecule has 4 saturated carbocycles. The molecule has 2 aromatic rings. The number of carbonyl (C=O) groups excluding carboxylic acids is 3. The minimum atomic E-state index is -1.50. The van der Waals surface area contributed by atoms with E-state index in [0.717, 1.165) is 51.0 Å². The number of pyridine rings is 1. The molecule has 0 radical (unpaired) electrons. The molecule has 0 unspecified atom stereocenters. The molecule has 6 fully saturated rings. The third-order valence-electron chi connectivity index (χ3n) is 12.6. The van der Waals surface area contributed by atoms with E-state index in [4.69, 9.17) is 35.5 Å². The number of aromatic nitrogens is 1. The van der Waals surface area contributed by atoms with Crippen molar-refractivity contribution in [2.24, 2.45) is 23.2 Å². The number of morpholine rings is 1. The van der Waals surface area contributed by atoms with Gasteiger partial charge in [0, 0.05) is 55.0 Å². The number of ether oxygens (including phenoxy) is 4. The standard InChI is InChI=1S/C42H54ClN5O9/c1-5-26-21-42(26,39(51)52)46-37(49)31-19-28(22-48(31)38(50)36(41(2,3)4)45-40(53)57-27-17-24-16-25(24)18-27)56-33-20-30(23-6-7-23)44-35-29(33)8-9-32(34(35)43)55-15-12-47-10-13-54-14-11-47/h5,8-9,20,23-28,31,36H,1,6-7,10-19,21-22H2,2-4H3,(H,45,53)(H,46,49)(H,51,52)/t24-,25+,26-,27+,28-,31+,36-,42-/m1/s1. The Kier molecular flexibility index (Phi) is 10.8. The lowest BCUT2D eigenvalue weighted by Gasteiger charge is -2.35. The van der Waals surface area contributed by atoms with E-state index in [1.165, 1.54) is 17.4 Å². The van der Waals surface area contributed by atoms with Crippen molar-refractivity contribution in [2.45, 2.75) is 101 Å². The summed E-state index contributed by atoms with van der Waals surface area (Å²) in [4.78, 5) is 63.1. The molecule has 14 nitrogen and oxygen atoms in total. The lowest BCUT2D eigenvalue weighted by atomic mass is 9.85. The van der Waals surface area contributed by atoms with Gasteiger partial charge in [-0.1, -0.05) is 38.4 Å². The van der Waals surface area contributed by atoms with Gasteiger partial charge in [0.2, 0.25) is 11.8 Å². The highest BCUT2D eigenvalue weighted by molar-refractivity contribution is 6.36. The normalized spacial score (nSPS) is 29.9. The van der Waals surface area contributed by atoms with Crippen molar-refractivity contribution in [3.05, 3.63) is 41.6 Å². The van der Waals surface area contributed by atoms with E-state index in [2.05, 4.69) is 22.1 Å². The smallest absolute Gasteiger partial charge is 0.408 e. The van der Waals surface area contributed by atoms with E-state index < -0.39 is 58.9 Å². The number of hydrogen-bond acceptors (Lipinski definition) is 10. The number of benzene rings is 1. The lowest BCUT2D eigenvalue weighted by molar-refractivity contribution is -0.146. The fraction of sp³-hybridized carbons (Fsp3) is 0.643. The van der Waals surface area contributed by atoms with Crippen LogP contribution in [0.3, 0.4) is 0 Å². The highest BCUT2D eigenvalue weighted by atomic mass is 35.5. The van der Waals surface area contributed by atoms with Crippen molar-refractivity contribution in [1.82, 2.24) is 25.4 Å². The number of amides is 3. The Hall–Kier alpha value is -4.14. The third kappa shape index (κ3) is 8.40. The van der Waals surface area contributed by atoms with Crippen LogP contribution in [-0.2, 0) is 23.9 Å². The van der Waals surface area contributed by atoms with Crippen molar-refractivity contribution in [3.8, 4) is 11.5 Å². The number of likely N-dealkylation sites (tertiary alicyclic amines) is 1. The van der Waals surface area contributed by atoms with Gasteiger partial charge in [-0.15, -0.1) is 6.58 Å². The Morgan fingerprint density at radius 1 is 1.09 bits per heavy atom. The molecule has 6 aliphatic rings. The lowest BCUT2D eigenvalue weighted by Crippen LogP contribution is -2.59. The summed E-state index contributed by atoms with van der Waals surface area (Å²) >= 11 is 6.99. The van der Waals surface area contributed by atoms with Gasteiger partial charge in [-0.25, -0.2) is 9.59 Å². The Morgan fingerprint density at radius 3 is 2.47 bits per heavy atom. The van der Waals surface area contributed by atoms with E-state index in [1.807, 2.05) is 32.9 Å². The number of aliphatic carboxylic acids is 1. The van der Waals surface area contributed by atoms with Crippen molar-refractivity contribution in [2.75, 3.05) is 46.0 Å². The largest absolute Gasteiger partial charge is 0.491 e. The van der Waals surface area contributed by atoms with Crippen LogP contribution in [0.15, 0.2) is 30.9 Å². The first-order chi connectivity index (χ1) is 27.2. The van der Waals surface area contributed by atoms with Gasteiger partial charge in [-0.05, 0) is 67.9 Å². The molecular weight excluding hydrogens is 754 g/mol. The van der Waals surface area contributed by atoms with Crippen LogP contribution in [0, 0.1) is 23.2 Å². The zero-order chi connectivity index (χ0) is 40.2. The molecule has 4 aliphatic carbocycles. The fourth-order valence-corrected chi connectivity index (χ4v) is 9.14. The number of nitrogens with one attached hydrogen (secondary N) is 2. The monoisotopic (exact) mass is 807 g/mol. The SMILES string of the molecule is C=C[C@@H]1C[C@]1(NC(=O)[C@@H]1C[C@@H](Oc2cc(C3CC3)nc3c(Cl)c(OCCN4CCOCC4)ccc23)CN1C(=O)[C@@H](NC(=O)O[C@@H]1C[C@@H]2C[C@@H]2C1)C(C)(C)C)C(=O)O. The first kappa shape index (κ1) is 39.7. The molecule has 2 saturated heterocycles. The molecule has 308 valence electrons. The van der Waals surface area contributed by atoms with Crippen LogP contribution in [0.5, 0.6) is 11.5 Å². The maximum absolute atomic E-state index is 14.6. The summed E-state index contributed by atoms with van der Waals surface area (Å²) in [7, 11) is 0. The van der Waals surface area contributed by atoms with Crippen molar-refractivity contribution in [1.29, 1.82) is 0 Å². The van der Waals surface area contributed by atoms with Crippen molar-refractivity contribution < 1.29 is 43.2 Å². The van der Waals surface area contributed by atoms with Crippen LogP contribution in [-0.4, -0.2) is 120 Å². The van der Waals surface area contributed by atoms with Gasteiger partial charge >= 0.3 is 12.1 Å². The van der Waals surface area contributed by atoms with Crippen LogP contribution < -0.4 is 20.1 Å². The zero-order valence-corrected chi connectivity index (χ0v) is 33.7. The first-order valence-electron chi connectivity index (χ1n) is 20.4. The molecular formula is C42H54ClN5O9. The Labute approximate surface area is 337 Å². The Bertz CT molecular complexity index is 1920. The molecule has 57 heavy (non-hydrogen) atoms. The minimum absolute atomic E-state index is 0.0101. The number of nitrogens with zero attached hydrogens (tertiary/aromatic N) is 3. The van der Waals surface area contributed by atoms with E-state index in [9.17, 15) is 24.3 Å². The second-order valence-corrected chi connectivity index (χ2v) is 18.3. The van der Waals surface area contributed by atoms with E-state index in [0.29, 0.717) is 59.1 Å². The molecule has 3 heterocycles. The Morgan fingerprint density at radius 2 is 1.82 bits per heavy atom. The number of hydrogen-bond donors (Lipinski definition) is 3. The second-order valence-electron chi connectivity index (χ2n) is 17.9. The summed E-state index contributed by atoms with van der Waals surface area (Å²) in [6.07, 6.45) is 5.10. The molecule has 0 spiro atoms. The average molecular weight is 808 g/mol. The summed E-state index contributed by atoms with van der Waals surface area (Å²) in [5.74, 6) is -0.186. The van der Waals surface area contributed by atoms with Crippen LogP contribution in [0.2, 0.25) is 5.02 Å². The molecule has 3 amide bonds.